The van der Waals surface area contributed by atoms with E-state index in [0.717, 1.165) is 29.1 Å². The van der Waals surface area contributed by atoms with Crippen LogP contribution in [0.15, 0.2) is 43.0 Å². The van der Waals surface area contributed by atoms with Gasteiger partial charge in [-0.15, -0.1) is 11.3 Å². The lowest BCUT2D eigenvalue weighted by atomic mass is 10.1. The van der Waals surface area contributed by atoms with Crippen molar-refractivity contribution < 1.29 is 37.4 Å². The maximum atomic E-state index is 14.8. The first-order valence-electron chi connectivity index (χ1n) is 22.3. The van der Waals surface area contributed by atoms with Crippen LogP contribution in [0.1, 0.15) is 117 Å². The molecule has 14 nitrogen and oxygen atoms in total. The fourth-order valence-electron chi connectivity index (χ4n) is 6.06. The Balaban J connectivity index is 0.00000128. The van der Waals surface area contributed by atoms with E-state index in [1.807, 2.05) is 50.8 Å². The van der Waals surface area contributed by atoms with Crippen LogP contribution in [0.3, 0.4) is 0 Å². The summed E-state index contributed by atoms with van der Waals surface area (Å²) in [5.41, 5.74) is 1.80. The number of methoxy groups -OCH3 is 2. The van der Waals surface area contributed by atoms with Crippen LogP contribution < -0.4 is 21.3 Å². The van der Waals surface area contributed by atoms with E-state index in [1.165, 1.54) is 63.2 Å². The van der Waals surface area contributed by atoms with E-state index in [1.54, 1.807) is 25.2 Å². The quantitative estimate of drug-likeness (QED) is 0.0910. The lowest BCUT2D eigenvalue weighted by Gasteiger charge is -2.22. The van der Waals surface area contributed by atoms with Crippen LogP contribution >= 0.6 is 11.3 Å². The molecule has 1 aliphatic rings. The van der Waals surface area contributed by atoms with E-state index < -0.39 is 11.9 Å². The highest BCUT2D eigenvalue weighted by atomic mass is 32.1. The maximum absolute atomic E-state index is 14.8. The van der Waals surface area contributed by atoms with Gasteiger partial charge in [0.25, 0.3) is 0 Å². The summed E-state index contributed by atoms with van der Waals surface area (Å²) >= 11 is 1.46. The molecule has 1 fully saturated rings. The molecule has 1 aliphatic heterocycles. The van der Waals surface area contributed by atoms with Gasteiger partial charge in [0.15, 0.2) is 0 Å². The number of nitrogens with one attached hydrogen (secondary N) is 4. The van der Waals surface area contributed by atoms with Crippen molar-refractivity contribution in [2.45, 2.75) is 119 Å². The zero-order chi connectivity index (χ0) is 49.5. The lowest BCUT2D eigenvalue weighted by Crippen LogP contribution is -2.38. The standard InChI is InChI=1S/C28H30F2N6O2S.C10H19NO.C3H7NO2.C3H8.C2H6O.C2H6/c1-4-5-8-36(28(38)13-31-16-37)14-27-34-23(24(35-27)10-18(3)29)9-17(2)25-6-7-26(39-25)19-11-21-22(12-20(19)30)33-15-32-21;1-8(2)7-10(12)11-6-4-5-9(11)3;1-4-3(5)6-2;2*1-3-2;1-2/h6-7,9-12,15-17H,3-5,8,13-14H2,1-2H3,(H,31,37)(H,32,33)(H,34,35);8-9H,4-7H2,1-3H3;1-2H3,(H,4,5);3H2,1-2H3;1-2H3;1-2H3/b23-9+,24-10+;;;;;. The average Bonchev–Trinajstić information content (AvgIpc) is 4.10. The van der Waals surface area contributed by atoms with Crippen LogP contribution in [-0.4, -0.2) is 108 Å². The summed E-state index contributed by atoms with van der Waals surface area (Å²) < 4.78 is 37.0. The molecule has 4 aromatic rings. The number of likely N-dealkylation sites (tertiary alicyclic amines) is 1. The third kappa shape index (κ3) is 22.4. The molecular weight excluding hydrogens is 855 g/mol. The first kappa shape index (κ1) is 59.6. The number of hydrogen-bond acceptors (Lipinski definition) is 9. The summed E-state index contributed by atoms with van der Waals surface area (Å²) in [6.45, 7) is 23.5. The number of rotatable bonds is 14. The number of carbonyl (C=O) groups excluding carboxylic acids is 4. The summed E-state index contributed by atoms with van der Waals surface area (Å²) in [4.78, 5) is 64.9. The predicted molar refractivity (Wildman–Crippen MR) is 261 cm³/mol. The van der Waals surface area contributed by atoms with E-state index in [-0.39, 0.29) is 30.7 Å². The number of ether oxygens (including phenoxy) is 2. The van der Waals surface area contributed by atoms with E-state index in [0.29, 0.717) is 70.4 Å². The lowest BCUT2D eigenvalue weighted by molar-refractivity contribution is -0.132. The molecule has 0 radical (unpaired) electrons. The number of thiophene rings is 1. The second kappa shape index (κ2) is 34.0. The molecule has 4 heterocycles. The molecule has 2 atom stereocenters. The molecule has 0 bridgehead atoms. The first-order chi connectivity index (χ1) is 31.0. The SMILES string of the molecule is C=C(F)/C=c1/[nH]c(CN(CCCC)C(=O)CNC=O)n/c1=C/C(C)c1ccc(-c2cc3nc[nH]c3cc2F)s1.CC.CC(C)CC(=O)N1CCCC1C.CCC.CNC(=O)OC.COC. The van der Waals surface area contributed by atoms with Gasteiger partial charge in [0.05, 0.1) is 48.3 Å². The number of aromatic nitrogens is 4. The number of H-pyrrole nitrogens is 2. The van der Waals surface area contributed by atoms with Crippen molar-refractivity contribution in [1.82, 2.24) is 40.4 Å². The first-order valence-corrected chi connectivity index (χ1v) is 23.1. The fourth-order valence-corrected chi connectivity index (χ4v) is 7.11. The van der Waals surface area contributed by atoms with Crippen LogP contribution in [0.4, 0.5) is 13.6 Å². The molecule has 17 heteroatoms. The molecule has 4 N–H and O–H groups in total. The second-order valence-corrected chi connectivity index (χ2v) is 16.3. The van der Waals surface area contributed by atoms with Crippen molar-refractivity contribution in [2.24, 2.45) is 5.92 Å². The Hall–Kier alpha value is -5.42. The van der Waals surface area contributed by atoms with Gasteiger partial charge in [-0.05, 0) is 62.5 Å². The number of nitrogens with zero attached hydrogens (tertiary/aromatic N) is 4. The molecule has 65 heavy (non-hydrogen) atoms. The van der Waals surface area contributed by atoms with Crippen LogP contribution in [0.5, 0.6) is 0 Å². The summed E-state index contributed by atoms with van der Waals surface area (Å²) in [6, 6.07) is 7.45. The number of imidazole rings is 2. The normalized spacial score (nSPS) is 13.5. The van der Waals surface area contributed by atoms with Crippen LogP contribution in [0.25, 0.3) is 33.6 Å². The van der Waals surface area contributed by atoms with Gasteiger partial charge in [-0.25, -0.2) is 23.5 Å². The Kier molecular flexibility index (Phi) is 31.2. The van der Waals surface area contributed by atoms with Crippen molar-refractivity contribution in [3.05, 3.63) is 70.2 Å². The number of unbranched alkanes of at least 4 members (excludes halogenated alkanes) is 1. The monoisotopic (exact) mass is 931 g/mol. The topological polar surface area (TPSA) is 175 Å². The van der Waals surface area contributed by atoms with Crippen molar-refractivity contribution >= 4 is 58.8 Å². The highest BCUT2D eigenvalue weighted by molar-refractivity contribution is 7.15. The number of amides is 4. The molecule has 0 saturated carbocycles. The molecular formula is C48H76F2N8O6S. The van der Waals surface area contributed by atoms with E-state index >= 15 is 0 Å². The minimum absolute atomic E-state index is 0.113. The molecule has 2 unspecified atom stereocenters. The highest BCUT2D eigenvalue weighted by Crippen LogP contribution is 2.35. The third-order valence-corrected chi connectivity index (χ3v) is 10.3. The largest absolute Gasteiger partial charge is 0.453 e. The molecule has 0 spiro atoms. The highest BCUT2D eigenvalue weighted by Gasteiger charge is 2.25. The number of carbonyl (C=O) groups is 4. The minimum atomic E-state index is -0.635. The summed E-state index contributed by atoms with van der Waals surface area (Å²) in [5.74, 6) is -0.00995. The van der Waals surface area contributed by atoms with Gasteiger partial charge in [0.2, 0.25) is 18.2 Å². The molecule has 1 saturated heterocycles. The smallest absolute Gasteiger partial charge is 0.406 e. The van der Waals surface area contributed by atoms with Crippen LogP contribution in [0, 0.1) is 11.7 Å². The number of hydrogen-bond donors (Lipinski definition) is 4. The Labute approximate surface area is 389 Å². The number of benzene rings is 1. The van der Waals surface area contributed by atoms with Crippen LogP contribution in [0.2, 0.25) is 0 Å². The van der Waals surface area contributed by atoms with Crippen molar-refractivity contribution in [3.8, 4) is 10.4 Å². The number of alkyl carbamates (subject to hydrolysis) is 1. The van der Waals surface area contributed by atoms with Gasteiger partial charge in [0, 0.05) is 74.1 Å². The number of halogens is 2. The number of fused-ring (bicyclic) bond motifs is 1. The van der Waals surface area contributed by atoms with Gasteiger partial charge in [0.1, 0.15) is 17.5 Å². The predicted octanol–water partition coefficient (Wildman–Crippen LogP) is 8.60. The molecule has 5 rings (SSSR count). The Morgan fingerprint density at radius 1 is 1.12 bits per heavy atom. The van der Waals surface area contributed by atoms with Crippen molar-refractivity contribution in [2.75, 3.05) is 48.0 Å². The maximum Gasteiger partial charge on any atom is 0.406 e. The molecule has 364 valence electrons. The van der Waals surface area contributed by atoms with E-state index in [9.17, 15) is 28.0 Å². The summed E-state index contributed by atoms with van der Waals surface area (Å²) in [6.07, 6.45) is 10.8. The fraction of sp³-hybridized carbons (Fsp3) is 0.542. The summed E-state index contributed by atoms with van der Waals surface area (Å²) in [5, 5.41) is 5.61. The van der Waals surface area contributed by atoms with Crippen molar-refractivity contribution in [1.29, 1.82) is 0 Å². The molecule has 0 aliphatic carbocycles. The number of allylic oxidation sites excluding steroid dienone is 1. The molecule has 1 aromatic carbocycles. The Bertz CT molecular complexity index is 2110. The zero-order valence-electron chi connectivity index (χ0n) is 41.0. The average molecular weight is 931 g/mol. The van der Waals surface area contributed by atoms with Gasteiger partial charge < -0.3 is 39.9 Å². The third-order valence-electron chi connectivity index (χ3n) is 9.03. The Morgan fingerprint density at radius 3 is 2.31 bits per heavy atom. The second-order valence-electron chi connectivity index (χ2n) is 15.2. The van der Waals surface area contributed by atoms with E-state index in [2.05, 4.69) is 81.2 Å². The minimum Gasteiger partial charge on any atom is -0.453 e. The van der Waals surface area contributed by atoms with Gasteiger partial charge in [-0.1, -0.05) is 74.8 Å². The van der Waals surface area contributed by atoms with Crippen molar-refractivity contribution in [3.63, 3.8) is 0 Å². The Morgan fingerprint density at radius 2 is 1.78 bits per heavy atom. The van der Waals surface area contributed by atoms with Gasteiger partial charge >= 0.3 is 6.09 Å². The van der Waals surface area contributed by atoms with Gasteiger partial charge in [-0.2, -0.15) is 0 Å². The van der Waals surface area contributed by atoms with Gasteiger partial charge in [-0.3, -0.25) is 14.4 Å². The van der Waals surface area contributed by atoms with E-state index in [4.69, 9.17) is 0 Å². The molecule has 4 amide bonds. The number of aromatic amines is 2. The van der Waals surface area contributed by atoms with Crippen LogP contribution in [-0.2, 0) is 30.4 Å². The summed E-state index contributed by atoms with van der Waals surface area (Å²) in [7, 11) is 6.07. The zero-order valence-corrected chi connectivity index (χ0v) is 41.8. The molecule has 3 aromatic heterocycles.